The molecule has 1 aromatic carbocycles. The van der Waals surface area contributed by atoms with Crippen molar-refractivity contribution in [3.8, 4) is 11.3 Å². The molecule has 0 fully saturated rings. The van der Waals surface area contributed by atoms with Gasteiger partial charge in [-0.25, -0.2) is 4.98 Å². The summed E-state index contributed by atoms with van der Waals surface area (Å²) in [6.07, 6.45) is 3.50. The smallest absolute Gasteiger partial charge is 0.263 e. The molecule has 0 unspecified atom stereocenters. The van der Waals surface area contributed by atoms with Crippen LogP contribution in [0.25, 0.3) is 38.3 Å². The molecular formula is C22H18N4OS. The lowest BCUT2D eigenvalue weighted by atomic mass is 10.1. The van der Waals surface area contributed by atoms with E-state index in [1.807, 2.05) is 37.3 Å². The van der Waals surface area contributed by atoms with Crippen LogP contribution in [0.2, 0.25) is 0 Å². The predicted molar refractivity (Wildman–Crippen MR) is 116 cm³/mol. The number of rotatable bonds is 2. The molecule has 5 nitrogen and oxygen atoms in total. The number of carbonyl (C=O) groups excluding carboxylic acids is 1. The second-order valence-corrected chi connectivity index (χ2v) is 7.99. The van der Waals surface area contributed by atoms with Gasteiger partial charge in [0.25, 0.3) is 5.91 Å². The molecule has 0 spiro atoms. The highest BCUT2D eigenvalue weighted by atomic mass is 32.1. The van der Waals surface area contributed by atoms with Gasteiger partial charge in [-0.1, -0.05) is 6.58 Å². The quantitative estimate of drug-likeness (QED) is 0.524. The maximum absolute atomic E-state index is 12.6. The maximum atomic E-state index is 12.6. The van der Waals surface area contributed by atoms with Gasteiger partial charge in [0.2, 0.25) is 0 Å². The van der Waals surface area contributed by atoms with Gasteiger partial charge in [0, 0.05) is 39.8 Å². The van der Waals surface area contributed by atoms with Crippen molar-refractivity contribution in [1.29, 1.82) is 0 Å². The van der Waals surface area contributed by atoms with E-state index in [0.29, 0.717) is 6.54 Å². The number of aromatic nitrogens is 2. The van der Waals surface area contributed by atoms with E-state index >= 15 is 0 Å². The number of hydrogen-bond acceptors (Lipinski definition) is 5. The lowest BCUT2D eigenvalue weighted by Gasteiger charge is -2.10. The number of thiophene rings is 1. The van der Waals surface area contributed by atoms with Crippen LogP contribution in [0.5, 0.6) is 0 Å². The topological polar surface area (TPSA) is 66.9 Å². The minimum Gasteiger partial charge on any atom is -0.381 e. The Morgan fingerprint density at radius 3 is 3.00 bits per heavy atom. The van der Waals surface area contributed by atoms with E-state index < -0.39 is 0 Å². The minimum atomic E-state index is -0.0137. The summed E-state index contributed by atoms with van der Waals surface area (Å²) in [4.78, 5) is 22.4. The highest BCUT2D eigenvalue weighted by Crippen LogP contribution is 2.41. The highest BCUT2D eigenvalue weighted by Gasteiger charge is 2.24. The van der Waals surface area contributed by atoms with Crippen LogP contribution < -0.4 is 10.6 Å². The largest absolute Gasteiger partial charge is 0.381 e. The first-order chi connectivity index (χ1) is 13.6. The van der Waals surface area contributed by atoms with E-state index in [1.165, 1.54) is 11.3 Å². The Kier molecular flexibility index (Phi) is 3.87. The van der Waals surface area contributed by atoms with Crippen molar-refractivity contribution in [2.45, 2.75) is 13.0 Å². The summed E-state index contributed by atoms with van der Waals surface area (Å²) in [6, 6.07) is 12.2. The summed E-state index contributed by atoms with van der Waals surface area (Å²) in [6.45, 7) is 6.49. The maximum Gasteiger partial charge on any atom is 0.263 e. The Morgan fingerprint density at radius 2 is 2.14 bits per heavy atom. The van der Waals surface area contributed by atoms with Gasteiger partial charge in [0.1, 0.15) is 4.88 Å². The summed E-state index contributed by atoms with van der Waals surface area (Å²) in [5, 5.41) is 8.61. The molecular weight excluding hydrogens is 368 g/mol. The van der Waals surface area contributed by atoms with Gasteiger partial charge in [0.05, 0.1) is 22.6 Å². The number of carbonyl (C=O) groups is 1. The zero-order valence-corrected chi connectivity index (χ0v) is 16.1. The van der Waals surface area contributed by atoms with Crippen LogP contribution in [-0.4, -0.2) is 28.5 Å². The van der Waals surface area contributed by atoms with Gasteiger partial charge < -0.3 is 10.6 Å². The zero-order valence-electron chi connectivity index (χ0n) is 15.3. The normalized spacial score (nSPS) is 16.3. The van der Waals surface area contributed by atoms with E-state index in [2.05, 4.69) is 28.3 Å². The summed E-state index contributed by atoms with van der Waals surface area (Å²) in [5.74, 6) is -0.0137. The van der Waals surface area contributed by atoms with Crippen molar-refractivity contribution in [3.05, 3.63) is 59.7 Å². The number of hydrogen-bond donors (Lipinski definition) is 2. The van der Waals surface area contributed by atoms with Gasteiger partial charge in [0.15, 0.2) is 0 Å². The number of anilines is 1. The SMILES string of the molecule is C=Cc1cc(-c2ccc3c(ccc4sc5c(c43)NC[C@@H](C)NC5=O)n2)ccn1. The van der Waals surface area contributed by atoms with Crippen LogP contribution >= 0.6 is 11.3 Å². The molecule has 0 saturated carbocycles. The van der Waals surface area contributed by atoms with Crippen molar-refractivity contribution in [1.82, 2.24) is 15.3 Å². The molecule has 5 rings (SSSR count). The van der Waals surface area contributed by atoms with Gasteiger partial charge in [-0.15, -0.1) is 11.3 Å². The first-order valence-corrected chi connectivity index (χ1v) is 9.95. The van der Waals surface area contributed by atoms with Crippen molar-refractivity contribution in [2.75, 3.05) is 11.9 Å². The Bertz CT molecular complexity index is 1260. The molecule has 28 heavy (non-hydrogen) atoms. The Morgan fingerprint density at radius 1 is 1.25 bits per heavy atom. The average molecular weight is 386 g/mol. The fourth-order valence-corrected chi connectivity index (χ4v) is 4.70. The Balaban J connectivity index is 1.71. The zero-order chi connectivity index (χ0) is 19.3. The molecule has 0 aliphatic carbocycles. The summed E-state index contributed by atoms with van der Waals surface area (Å²) < 4.78 is 1.09. The number of nitrogens with zero attached hydrogens (tertiary/aromatic N) is 2. The average Bonchev–Trinajstić information content (AvgIpc) is 3.04. The Labute approximate surface area is 166 Å². The van der Waals surface area contributed by atoms with E-state index in [9.17, 15) is 4.79 Å². The first kappa shape index (κ1) is 16.9. The van der Waals surface area contributed by atoms with Crippen molar-refractivity contribution >= 4 is 50.0 Å². The van der Waals surface area contributed by atoms with Crippen molar-refractivity contribution < 1.29 is 4.79 Å². The molecule has 0 saturated heterocycles. The number of nitrogens with one attached hydrogen (secondary N) is 2. The lowest BCUT2D eigenvalue weighted by molar-refractivity contribution is 0.0949. The molecule has 4 aromatic rings. The first-order valence-electron chi connectivity index (χ1n) is 9.14. The van der Waals surface area contributed by atoms with Crippen LogP contribution in [0.4, 0.5) is 5.69 Å². The van der Waals surface area contributed by atoms with Crippen LogP contribution in [0, 0.1) is 0 Å². The van der Waals surface area contributed by atoms with Crippen molar-refractivity contribution in [3.63, 3.8) is 0 Å². The molecule has 138 valence electrons. The molecule has 3 aromatic heterocycles. The second kappa shape index (κ2) is 6.42. The summed E-state index contributed by atoms with van der Waals surface area (Å²) >= 11 is 1.52. The molecule has 4 heterocycles. The van der Waals surface area contributed by atoms with E-state index in [4.69, 9.17) is 4.98 Å². The molecule has 1 aliphatic rings. The minimum absolute atomic E-state index is 0.0137. The van der Waals surface area contributed by atoms with Crippen LogP contribution in [-0.2, 0) is 0 Å². The number of fused-ring (bicyclic) bond motifs is 5. The molecule has 2 N–H and O–H groups in total. The summed E-state index contributed by atoms with van der Waals surface area (Å²) in [5.41, 5.74) is 4.53. The van der Waals surface area contributed by atoms with E-state index in [1.54, 1.807) is 12.3 Å². The van der Waals surface area contributed by atoms with Crippen LogP contribution in [0.1, 0.15) is 22.3 Å². The van der Waals surface area contributed by atoms with Crippen LogP contribution in [0.3, 0.4) is 0 Å². The van der Waals surface area contributed by atoms with E-state index in [-0.39, 0.29) is 11.9 Å². The highest BCUT2D eigenvalue weighted by molar-refractivity contribution is 7.21. The van der Waals surface area contributed by atoms with Crippen LogP contribution in [0.15, 0.2) is 49.2 Å². The van der Waals surface area contributed by atoms with Gasteiger partial charge in [-0.2, -0.15) is 0 Å². The number of amides is 1. The third-order valence-corrected chi connectivity index (χ3v) is 6.13. The lowest BCUT2D eigenvalue weighted by Crippen LogP contribution is -2.34. The number of benzene rings is 1. The van der Waals surface area contributed by atoms with E-state index in [0.717, 1.165) is 48.5 Å². The van der Waals surface area contributed by atoms with Crippen molar-refractivity contribution in [2.24, 2.45) is 0 Å². The molecule has 0 radical (unpaired) electrons. The Hall–Kier alpha value is -3.25. The molecule has 1 amide bonds. The van der Waals surface area contributed by atoms with Gasteiger partial charge in [-0.05, 0) is 49.4 Å². The fourth-order valence-electron chi connectivity index (χ4n) is 3.61. The molecule has 1 aliphatic heterocycles. The molecule has 1 atom stereocenters. The third-order valence-electron chi connectivity index (χ3n) is 4.98. The monoisotopic (exact) mass is 386 g/mol. The number of pyridine rings is 2. The molecule has 0 bridgehead atoms. The van der Waals surface area contributed by atoms with Gasteiger partial charge >= 0.3 is 0 Å². The standard InChI is InChI=1S/C22H18N4OS/c1-3-14-10-13(8-9-23-14)16-5-4-15-17(26-16)6-7-18-19(15)20-21(28-18)22(27)25-12(2)11-24-20/h3-10,12,24H,1,11H2,2H3,(H,25,27)/t12-/m1/s1. The third kappa shape index (κ3) is 2.65. The van der Waals surface area contributed by atoms with Gasteiger partial charge in [-0.3, -0.25) is 9.78 Å². The molecule has 6 heteroatoms. The fraction of sp³-hybridized carbons (Fsp3) is 0.136. The predicted octanol–water partition coefficient (Wildman–Crippen LogP) is 4.70. The summed E-state index contributed by atoms with van der Waals surface area (Å²) in [7, 11) is 0. The second-order valence-electron chi connectivity index (χ2n) is 6.94.